The van der Waals surface area contributed by atoms with Gasteiger partial charge in [0.15, 0.2) is 0 Å². The second-order valence-electron chi connectivity index (χ2n) is 14.8. The predicted molar refractivity (Wildman–Crippen MR) is 211 cm³/mol. The molecule has 1 fully saturated rings. The number of aliphatic hydroxyl groups is 4. The standard InChI is InChI=1S/C37H54N10O14/c1-16(2)29(35(58)43-23(31(54)45-26(15-50)37(60)61)8-18-11-40-22-7-5-4-6-20(18)22)46-33(56)25(14-49)44-32(55)24(10-28(39)52)42-30(53)17(3)41-34(57)27-9-19(51)12-47(27)36(59)21(38)13-48/h4-7,11,16-17,19,21,23-27,29,40,48-51H,8-10,12-15,38H2,1-3H3,(H2,39,52)(H,41,57)(H,42,53)(H,43,58)(H,44,55)(H,45,54)(H,46,56)(H,60,61). The number of aliphatic hydroxyl groups excluding tert-OH is 4. The van der Waals surface area contributed by atoms with Crippen molar-refractivity contribution in [2.45, 2.75) is 94.5 Å². The second-order valence-corrected chi connectivity index (χ2v) is 14.8. The lowest BCUT2D eigenvalue weighted by Crippen LogP contribution is -2.61. The number of aromatic nitrogens is 1. The molecular weight excluding hydrogens is 808 g/mol. The topological polar surface area (TPSA) is 398 Å². The van der Waals surface area contributed by atoms with Gasteiger partial charge in [0.2, 0.25) is 47.3 Å². The Morgan fingerprint density at radius 3 is 1.93 bits per heavy atom. The van der Waals surface area contributed by atoms with Crippen molar-refractivity contribution in [1.29, 1.82) is 0 Å². The number of nitrogens with zero attached hydrogens (tertiary/aromatic N) is 1. The van der Waals surface area contributed by atoms with Gasteiger partial charge in [-0.25, -0.2) is 4.79 Å². The fourth-order valence-corrected chi connectivity index (χ4v) is 6.38. The summed E-state index contributed by atoms with van der Waals surface area (Å²) < 4.78 is 0. The van der Waals surface area contributed by atoms with Crippen LogP contribution >= 0.6 is 0 Å². The molecule has 1 aromatic heterocycles. The maximum Gasteiger partial charge on any atom is 0.328 e. The Kier molecular flexibility index (Phi) is 18.1. The molecule has 0 spiro atoms. The summed E-state index contributed by atoms with van der Waals surface area (Å²) in [6.45, 7) is 1.26. The summed E-state index contributed by atoms with van der Waals surface area (Å²) >= 11 is 0. The molecule has 0 saturated carbocycles. The molecule has 1 aliphatic heterocycles. The van der Waals surface area contributed by atoms with Crippen LogP contribution in [0.2, 0.25) is 0 Å². The molecule has 61 heavy (non-hydrogen) atoms. The van der Waals surface area contributed by atoms with Crippen molar-refractivity contribution in [1.82, 2.24) is 41.8 Å². The molecule has 2 heterocycles. The maximum absolute atomic E-state index is 13.7. The van der Waals surface area contributed by atoms with Crippen molar-refractivity contribution < 1.29 is 68.7 Å². The molecule has 3 rings (SSSR count). The van der Waals surface area contributed by atoms with Gasteiger partial charge in [-0.1, -0.05) is 32.0 Å². The molecule has 24 nitrogen and oxygen atoms in total. The molecule has 24 heteroatoms. The van der Waals surface area contributed by atoms with Gasteiger partial charge in [0.25, 0.3) is 0 Å². The number of hydrogen-bond acceptors (Lipinski definition) is 14. The summed E-state index contributed by atoms with van der Waals surface area (Å²) in [5, 5.41) is 62.9. The first-order valence-corrected chi connectivity index (χ1v) is 19.2. The van der Waals surface area contributed by atoms with Crippen LogP contribution in [0.4, 0.5) is 0 Å². The number of primary amides is 1. The van der Waals surface area contributed by atoms with E-state index in [-0.39, 0.29) is 19.4 Å². The van der Waals surface area contributed by atoms with Crippen molar-refractivity contribution in [3.05, 3.63) is 36.0 Å². The van der Waals surface area contributed by atoms with Crippen LogP contribution < -0.4 is 43.4 Å². The quantitative estimate of drug-likeness (QED) is 0.0524. The Balaban J connectivity index is 1.73. The first-order chi connectivity index (χ1) is 28.7. The van der Waals surface area contributed by atoms with Gasteiger partial charge in [0, 0.05) is 36.5 Å². The van der Waals surface area contributed by atoms with E-state index in [1.807, 2.05) is 0 Å². The summed E-state index contributed by atoms with van der Waals surface area (Å²) in [6.07, 6.45) is -0.700. The number of carboxylic acids is 1. The predicted octanol–water partition coefficient (Wildman–Crippen LogP) is -6.48. The number of aliphatic carboxylic acids is 1. The highest BCUT2D eigenvalue weighted by Gasteiger charge is 2.41. The first kappa shape index (κ1) is 49.2. The number of para-hydroxylation sites is 1. The fourth-order valence-electron chi connectivity index (χ4n) is 6.38. The lowest BCUT2D eigenvalue weighted by Gasteiger charge is -2.28. The minimum atomic E-state index is -1.79. The van der Waals surface area contributed by atoms with E-state index in [4.69, 9.17) is 11.5 Å². The number of carbonyl (C=O) groups excluding carboxylic acids is 8. The van der Waals surface area contributed by atoms with Crippen molar-refractivity contribution in [2.75, 3.05) is 26.4 Å². The third-order valence-electron chi connectivity index (χ3n) is 9.76. The van der Waals surface area contributed by atoms with E-state index < -0.39 is 140 Å². The van der Waals surface area contributed by atoms with E-state index in [0.29, 0.717) is 16.5 Å². The molecule has 1 saturated heterocycles. The number of carbonyl (C=O) groups is 9. The number of aromatic amines is 1. The van der Waals surface area contributed by atoms with Crippen molar-refractivity contribution in [3.63, 3.8) is 0 Å². The van der Waals surface area contributed by atoms with Crippen LogP contribution in [0.15, 0.2) is 30.5 Å². The molecule has 1 aromatic carbocycles. The largest absolute Gasteiger partial charge is 0.480 e. The summed E-state index contributed by atoms with van der Waals surface area (Å²) in [6, 6.07) is -5.14. The van der Waals surface area contributed by atoms with E-state index in [0.717, 1.165) is 4.90 Å². The average Bonchev–Trinajstić information content (AvgIpc) is 3.81. The number of H-pyrrole nitrogens is 1. The van der Waals surface area contributed by atoms with E-state index in [1.54, 1.807) is 30.5 Å². The van der Waals surface area contributed by atoms with Gasteiger partial charge in [-0.05, 0) is 24.5 Å². The SMILES string of the molecule is CC(NC(=O)C1CC(O)CN1C(=O)C(N)CO)C(=O)NC(CC(N)=O)C(=O)NC(CO)C(=O)NC(C(=O)NC(Cc1c[nH]c2ccccc12)C(=O)NC(CO)C(=O)O)C(C)C. The van der Waals surface area contributed by atoms with Gasteiger partial charge >= 0.3 is 5.97 Å². The minimum absolute atomic E-state index is 0.163. The number of hydrogen-bond donors (Lipinski definition) is 14. The monoisotopic (exact) mass is 862 g/mol. The van der Waals surface area contributed by atoms with Gasteiger partial charge in [-0.2, -0.15) is 0 Å². The Labute approximate surface area is 348 Å². The highest BCUT2D eigenvalue weighted by molar-refractivity contribution is 5.99. The van der Waals surface area contributed by atoms with Crippen molar-refractivity contribution >= 4 is 64.1 Å². The summed E-state index contributed by atoms with van der Waals surface area (Å²) in [7, 11) is 0. The van der Waals surface area contributed by atoms with Crippen molar-refractivity contribution in [2.24, 2.45) is 17.4 Å². The van der Waals surface area contributed by atoms with Crippen LogP contribution in [-0.4, -0.2) is 169 Å². The van der Waals surface area contributed by atoms with Crippen LogP contribution in [0.3, 0.4) is 0 Å². The number of benzene rings is 1. The Morgan fingerprint density at radius 1 is 0.770 bits per heavy atom. The smallest absolute Gasteiger partial charge is 0.328 e. The fraction of sp³-hybridized carbons (Fsp3) is 0.541. The lowest BCUT2D eigenvalue weighted by molar-refractivity contribution is -0.143. The number of carboxylic acid groups (broad SMARTS) is 1. The number of likely N-dealkylation sites (tertiary alicyclic amines) is 1. The first-order valence-electron chi connectivity index (χ1n) is 19.2. The third kappa shape index (κ3) is 13.4. The molecule has 1 aliphatic rings. The zero-order valence-corrected chi connectivity index (χ0v) is 33.6. The van der Waals surface area contributed by atoms with E-state index in [9.17, 15) is 68.7 Å². The van der Waals surface area contributed by atoms with Gasteiger partial charge in [0.1, 0.15) is 48.3 Å². The highest BCUT2D eigenvalue weighted by Crippen LogP contribution is 2.21. The molecule has 2 aromatic rings. The van der Waals surface area contributed by atoms with E-state index in [2.05, 4.69) is 36.9 Å². The number of rotatable bonds is 22. The molecule has 0 bridgehead atoms. The molecular formula is C37H54N10O14. The van der Waals surface area contributed by atoms with Crippen LogP contribution in [0.5, 0.6) is 0 Å². The number of β-amino-alcohol motifs (C(OH)–C–C–N with tert-alkyl or cyclic N) is 1. The summed E-state index contributed by atoms with van der Waals surface area (Å²) in [5.74, 6) is -10.2. The maximum atomic E-state index is 13.7. The Bertz CT molecular complexity index is 1940. The van der Waals surface area contributed by atoms with Gasteiger partial charge in [-0.3, -0.25) is 38.4 Å². The molecule has 336 valence electrons. The third-order valence-corrected chi connectivity index (χ3v) is 9.76. The normalized spacial score (nSPS) is 18.4. The molecule has 9 atom stereocenters. The summed E-state index contributed by atoms with van der Waals surface area (Å²) in [5.41, 5.74) is 12.2. The molecule has 9 unspecified atom stereocenters. The van der Waals surface area contributed by atoms with Crippen LogP contribution in [-0.2, 0) is 49.6 Å². The minimum Gasteiger partial charge on any atom is -0.480 e. The highest BCUT2D eigenvalue weighted by atomic mass is 16.4. The van der Waals surface area contributed by atoms with Gasteiger partial charge in [-0.15, -0.1) is 0 Å². The van der Waals surface area contributed by atoms with Crippen LogP contribution in [0, 0.1) is 5.92 Å². The molecule has 16 N–H and O–H groups in total. The lowest BCUT2D eigenvalue weighted by atomic mass is 10.00. The van der Waals surface area contributed by atoms with Crippen LogP contribution in [0.1, 0.15) is 39.2 Å². The van der Waals surface area contributed by atoms with Crippen LogP contribution in [0.25, 0.3) is 10.9 Å². The average molecular weight is 863 g/mol. The van der Waals surface area contributed by atoms with E-state index in [1.165, 1.54) is 20.8 Å². The number of nitrogens with two attached hydrogens (primary N) is 2. The number of amides is 8. The number of nitrogens with one attached hydrogen (secondary N) is 7. The zero-order chi connectivity index (χ0) is 45.7. The number of fused-ring (bicyclic) bond motifs is 1. The Hall–Kier alpha value is -6.21. The zero-order valence-electron chi connectivity index (χ0n) is 33.6. The Morgan fingerprint density at radius 2 is 1.34 bits per heavy atom. The van der Waals surface area contributed by atoms with Crippen molar-refractivity contribution in [3.8, 4) is 0 Å². The molecule has 8 amide bonds. The molecule has 0 aliphatic carbocycles. The van der Waals surface area contributed by atoms with Gasteiger partial charge < -0.3 is 78.8 Å². The second kappa shape index (κ2) is 22.4. The summed E-state index contributed by atoms with van der Waals surface area (Å²) in [4.78, 5) is 120. The van der Waals surface area contributed by atoms with Gasteiger partial charge in [0.05, 0.1) is 32.3 Å². The molecule has 0 radical (unpaired) electrons. The van der Waals surface area contributed by atoms with E-state index >= 15 is 0 Å².